The Morgan fingerprint density at radius 2 is 1.79 bits per heavy atom. The molecule has 2 fully saturated rings. The topological polar surface area (TPSA) is 99.0 Å². The van der Waals surface area contributed by atoms with Gasteiger partial charge in [0.25, 0.3) is 5.69 Å². The van der Waals surface area contributed by atoms with E-state index in [4.69, 9.17) is 9.47 Å². The Bertz CT molecular complexity index is 984. The van der Waals surface area contributed by atoms with Gasteiger partial charge in [-0.2, -0.15) is 0 Å². The highest BCUT2D eigenvalue weighted by atomic mass is 35.5. The van der Waals surface area contributed by atoms with Gasteiger partial charge in [-0.05, 0) is 37.6 Å². The number of carbonyl (C=O) groups is 2. The molecule has 0 spiro atoms. The fraction of sp³-hybridized carbons (Fsp3) is 0.417. The van der Waals surface area contributed by atoms with Crippen LogP contribution in [0, 0.1) is 16.0 Å². The fourth-order valence-electron chi connectivity index (χ4n) is 4.78. The van der Waals surface area contributed by atoms with Crippen molar-refractivity contribution in [2.24, 2.45) is 5.92 Å². The van der Waals surface area contributed by atoms with E-state index in [0.29, 0.717) is 18.4 Å². The Balaban J connectivity index is 0.00000306. The number of rotatable bonds is 7. The Morgan fingerprint density at radius 1 is 1.09 bits per heavy atom. The van der Waals surface area contributed by atoms with E-state index in [1.165, 1.54) is 12.1 Å². The van der Waals surface area contributed by atoms with Gasteiger partial charge in [-0.1, -0.05) is 30.3 Å². The first-order valence-electron chi connectivity index (χ1n) is 10.8. The van der Waals surface area contributed by atoms with Crippen LogP contribution in [-0.4, -0.2) is 53.6 Å². The average molecular weight is 475 g/mol. The maximum Gasteiger partial charge on any atom is 0.338 e. The number of fused-ring (bicyclic) bond motifs is 2. The quantitative estimate of drug-likeness (QED) is 0.342. The molecule has 0 N–H and O–H groups in total. The summed E-state index contributed by atoms with van der Waals surface area (Å²) >= 11 is 0. The highest BCUT2D eigenvalue weighted by molar-refractivity contribution is 5.89. The first-order valence-corrected chi connectivity index (χ1v) is 10.8. The number of nitro benzene ring substituents is 1. The molecule has 2 aliphatic heterocycles. The molecule has 0 saturated carbocycles. The van der Waals surface area contributed by atoms with Crippen molar-refractivity contribution in [3.05, 3.63) is 75.8 Å². The van der Waals surface area contributed by atoms with Gasteiger partial charge in [0.2, 0.25) is 0 Å². The maximum atomic E-state index is 13.1. The van der Waals surface area contributed by atoms with Crippen LogP contribution in [0.2, 0.25) is 0 Å². The number of halogens is 1. The molecule has 2 heterocycles. The number of nitro groups is 1. The number of carbonyl (C=O) groups excluding carboxylic acids is 2. The second-order valence-electron chi connectivity index (χ2n) is 8.38. The molecule has 9 heteroatoms. The van der Waals surface area contributed by atoms with Gasteiger partial charge in [-0.15, -0.1) is 12.4 Å². The zero-order valence-electron chi connectivity index (χ0n) is 18.3. The summed E-state index contributed by atoms with van der Waals surface area (Å²) in [6, 6.07) is 15.2. The molecule has 2 aromatic carbocycles. The van der Waals surface area contributed by atoms with Crippen molar-refractivity contribution < 1.29 is 24.0 Å². The zero-order chi connectivity index (χ0) is 22.7. The lowest BCUT2D eigenvalue weighted by Crippen LogP contribution is -2.53. The summed E-state index contributed by atoms with van der Waals surface area (Å²) in [5, 5.41) is 10.8. The minimum absolute atomic E-state index is 0. The molecule has 0 aromatic heterocycles. The van der Waals surface area contributed by atoms with Crippen LogP contribution >= 0.6 is 12.4 Å². The SMILES string of the molecule is CN1C2CC[C@@H]1C[C@H](OC(=O)c1ccccc1)C2C(=O)OCCc1ccc([N+](=O)[O-])cc1.Cl. The van der Waals surface area contributed by atoms with Crippen molar-refractivity contribution >= 4 is 30.0 Å². The number of nitrogens with zero attached hydrogens (tertiary/aromatic N) is 2. The number of hydrogen-bond donors (Lipinski definition) is 0. The molecule has 33 heavy (non-hydrogen) atoms. The number of piperidine rings is 1. The lowest BCUT2D eigenvalue weighted by atomic mass is 9.87. The van der Waals surface area contributed by atoms with E-state index < -0.39 is 22.9 Å². The zero-order valence-corrected chi connectivity index (χ0v) is 19.1. The van der Waals surface area contributed by atoms with Gasteiger partial charge >= 0.3 is 11.9 Å². The number of esters is 2. The van der Waals surface area contributed by atoms with Crippen LogP contribution in [0.1, 0.15) is 35.2 Å². The molecule has 0 amide bonds. The van der Waals surface area contributed by atoms with Crippen molar-refractivity contribution in [1.82, 2.24) is 4.90 Å². The molecule has 2 unspecified atom stereocenters. The van der Waals surface area contributed by atoms with Crippen molar-refractivity contribution in [1.29, 1.82) is 0 Å². The molecule has 4 atom stereocenters. The van der Waals surface area contributed by atoms with Crippen molar-refractivity contribution in [3.8, 4) is 0 Å². The Labute approximate surface area is 198 Å². The number of hydrogen-bond acceptors (Lipinski definition) is 7. The monoisotopic (exact) mass is 474 g/mol. The van der Waals surface area contributed by atoms with Gasteiger partial charge < -0.3 is 9.47 Å². The summed E-state index contributed by atoms with van der Waals surface area (Å²) in [6.45, 7) is 0.159. The fourth-order valence-corrected chi connectivity index (χ4v) is 4.78. The molecule has 2 aliphatic rings. The van der Waals surface area contributed by atoms with Gasteiger partial charge in [0.1, 0.15) is 12.0 Å². The van der Waals surface area contributed by atoms with Crippen LogP contribution in [0.3, 0.4) is 0 Å². The predicted molar refractivity (Wildman–Crippen MR) is 123 cm³/mol. The molecule has 2 bridgehead atoms. The van der Waals surface area contributed by atoms with Crippen LogP contribution in [0.4, 0.5) is 5.69 Å². The standard InChI is InChI=1S/C24H26N2O6.ClH/c1-25-19-11-12-20(25)22(21(15-19)32-23(27)17-5-3-2-4-6-17)24(28)31-14-13-16-7-9-18(10-8-16)26(29)30;/h2-10,19-22H,11-15H2,1H3;1H/t19-,20?,21+,22?;/m1./s1. The summed E-state index contributed by atoms with van der Waals surface area (Å²) in [7, 11) is 2.01. The van der Waals surface area contributed by atoms with Crippen molar-refractivity contribution in [2.45, 2.75) is 43.9 Å². The third-order valence-electron chi connectivity index (χ3n) is 6.54. The number of non-ortho nitro benzene ring substituents is 1. The first-order chi connectivity index (χ1) is 15.4. The van der Waals surface area contributed by atoms with Crippen molar-refractivity contribution in [2.75, 3.05) is 13.7 Å². The van der Waals surface area contributed by atoms with E-state index in [-0.39, 0.29) is 42.8 Å². The molecule has 0 radical (unpaired) electrons. The van der Waals surface area contributed by atoms with Gasteiger partial charge in [0, 0.05) is 37.1 Å². The van der Waals surface area contributed by atoms with Crippen LogP contribution in [0.15, 0.2) is 54.6 Å². The summed E-state index contributed by atoms with van der Waals surface area (Å²) in [4.78, 5) is 38.2. The number of ether oxygens (including phenoxy) is 2. The van der Waals surface area contributed by atoms with Crippen LogP contribution in [-0.2, 0) is 20.7 Å². The second kappa shape index (κ2) is 10.8. The average Bonchev–Trinajstić information content (AvgIpc) is 3.03. The van der Waals surface area contributed by atoms with Gasteiger partial charge in [0.15, 0.2) is 0 Å². The first kappa shape index (κ1) is 24.7. The molecule has 0 aliphatic carbocycles. The smallest absolute Gasteiger partial charge is 0.338 e. The summed E-state index contributed by atoms with van der Waals surface area (Å²) in [6.07, 6.45) is 2.36. The van der Waals surface area contributed by atoms with Crippen LogP contribution in [0.25, 0.3) is 0 Å². The maximum absolute atomic E-state index is 13.1. The Kier molecular flexibility index (Phi) is 8.05. The number of benzene rings is 2. The normalized spacial score (nSPS) is 23.9. The molecule has 8 nitrogen and oxygen atoms in total. The van der Waals surface area contributed by atoms with E-state index in [1.807, 2.05) is 13.1 Å². The van der Waals surface area contributed by atoms with Crippen molar-refractivity contribution in [3.63, 3.8) is 0 Å². The lowest BCUT2D eigenvalue weighted by molar-refractivity contribution is -0.384. The molecule has 4 rings (SSSR count). The van der Waals surface area contributed by atoms with E-state index in [1.54, 1.807) is 36.4 Å². The Morgan fingerprint density at radius 3 is 2.45 bits per heavy atom. The molecular formula is C24H27ClN2O6. The molecule has 2 aromatic rings. The van der Waals surface area contributed by atoms with Gasteiger partial charge in [-0.3, -0.25) is 19.8 Å². The second-order valence-corrected chi connectivity index (χ2v) is 8.38. The van der Waals surface area contributed by atoms with Crippen LogP contribution in [0.5, 0.6) is 0 Å². The van der Waals surface area contributed by atoms with Gasteiger partial charge in [0.05, 0.1) is 17.1 Å². The summed E-state index contributed by atoms with van der Waals surface area (Å²) in [5.41, 5.74) is 1.33. The third-order valence-corrected chi connectivity index (χ3v) is 6.54. The van der Waals surface area contributed by atoms with E-state index >= 15 is 0 Å². The van der Waals surface area contributed by atoms with E-state index in [9.17, 15) is 19.7 Å². The Hall–Kier alpha value is -2.97. The minimum atomic E-state index is -0.539. The lowest BCUT2D eigenvalue weighted by Gasteiger charge is -2.40. The van der Waals surface area contributed by atoms with E-state index in [2.05, 4.69) is 4.90 Å². The summed E-state index contributed by atoms with van der Waals surface area (Å²) in [5.74, 6) is -1.33. The van der Waals surface area contributed by atoms with Gasteiger partial charge in [-0.25, -0.2) is 4.79 Å². The highest BCUT2D eigenvalue weighted by Gasteiger charge is 2.51. The van der Waals surface area contributed by atoms with E-state index in [0.717, 1.165) is 18.4 Å². The molecule has 176 valence electrons. The van der Waals surface area contributed by atoms with Crippen LogP contribution < -0.4 is 0 Å². The highest BCUT2D eigenvalue weighted by Crippen LogP contribution is 2.40. The predicted octanol–water partition coefficient (Wildman–Crippen LogP) is 3.81. The third kappa shape index (κ3) is 5.51. The minimum Gasteiger partial charge on any atom is -0.465 e. The molecular weight excluding hydrogens is 448 g/mol. The molecule has 2 saturated heterocycles. The largest absolute Gasteiger partial charge is 0.465 e. The summed E-state index contributed by atoms with van der Waals surface area (Å²) < 4.78 is 11.4.